The summed E-state index contributed by atoms with van der Waals surface area (Å²) in [6.45, 7) is 6.27. The highest BCUT2D eigenvalue weighted by molar-refractivity contribution is 7.92. The normalized spacial score (nSPS) is 13.6. The molecule has 1 aromatic carbocycles. The zero-order valence-electron chi connectivity index (χ0n) is 16.4. The topological polar surface area (TPSA) is 69.4 Å². The molecule has 0 amide bonds. The quantitative estimate of drug-likeness (QED) is 0.308. The summed E-state index contributed by atoms with van der Waals surface area (Å²) in [5.41, 5.74) is 1.32. The van der Waals surface area contributed by atoms with Crippen molar-refractivity contribution < 1.29 is 18.1 Å². The van der Waals surface area contributed by atoms with Gasteiger partial charge in [-0.2, -0.15) is 0 Å². The van der Waals surface area contributed by atoms with E-state index in [2.05, 4.69) is 29.4 Å². The Hall–Kier alpha value is -1.40. The molecule has 0 saturated carbocycles. The second-order valence-corrected chi connectivity index (χ2v) is 8.62. The molecule has 0 saturated heterocycles. The maximum atomic E-state index is 11.2. The van der Waals surface area contributed by atoms with E-state index in [9.17, 15) is 13.5 Å². The van der Waals surface area contributed by atoms with Crippen LogP contribution in [0.1, 0.15) is 70.5 Å². The number of nitrogens with zero attached hydrogens (tertiary/aromatic N) is 1. The number of rotatable bonds is 13. The molecule has 148 valence electrons. The Labute approximate surface area is 159 Å². The Kier molecular flexibility index (Phi) is 10.5. The highest BCUT2D eigenvalue weighted by Gasteiger charge is 2.12. The van der Waals surface area contributed by atoms with Crippen LogP contribution in [0.3, 0.4) is 0 Å². The number of unbranched alkanes of at least 4 members (excludes halogenated alkanes) is 4. The second-order valence-electron chi connectivity index (χ2n) is 6.87. The summed E-state index contributed by atoms with van der Waals surface area (Å²) >= 11 is 0. The standard InChI is InChI=1S/C20H35N2O3S/c1-4-6-8-9-16-22(15-7-5-2)17-14-20(23)18-10-12-19(13-11-18)21-26(3,24)25/h10-13,16,20-21,23H,4-9,14-15,17H2,1-3H3/q+1. The maximum absolute atomic E-state index is 11.2. The predicted molar refractivity (Wildman–Crippen MR) is 110 cm³/mol. The van der Waals surface area contributed by atoms with Crippen molar-refractivity contribution in [2.75, 3.05) is 24.1 Å². The molecule has 2 N–H and O–H groups in total. The van der Waals surface area contributed by atoms with Crippen LogP contribution in [0.2, 0.25) is 0 Å². The van der Waals surface area contributed by atoms with Crippen molar-refractivity contribution in [3.63, 3.8) is 0 Å². The van der Waals surface area contributed by atoms with Crippen molar-refractivity contribution in [3.8, 4) is 0 Å². The summed E-state index contributed by atoms with van der Waals surface area (Å²) in [5, 5.41) is 10.4. The van der Waals surface area contributed by atoms with Gasteiger partial charge >= 0.3 is 0 Å². The van der Waals surface area contributed by atoms with Gasteiger partial charge in [-0.3, -0.25) is 4.72 Å². The molecule has 26 heavy (non-hydrogen) atoms. The SMILES string of the molecule is CCCCCC=[N+](CCCC)CCC(O)c1ccc(NS(C)(=O)=O)cc1. The van der Waals surface area contributed by atoms with Gasteiger partial charge in [0.2, 0.25) is 10.0 Å². The van der Waals surface area contributed by atoms with Crippen molar-refractivity contribution in [3.05, 3.63) is 29.8 Å². The summed E-state index contributed by atoms with van der Waals surface area (Å²) in [6, 6.07) is 6.93. The Morgan fingerprint density at radius 1 is 1.08 bits per heavy atom. The van der Waals surface area contributed by atoms with Gasteiger partial charge in [0.15, 0.2) is 0 Å². The summed E-state index contributed by atoms with van der Waals surface area (Å²) in [7, 11) is -3.28. The number of hydrogen-bond acceptors (Lipinski definition) is 3. The highest BCUT2D eigenvalue weighted by Crippen LogP contribution is 2.19. The average Bonchev–Trinajstić information content (AvgIpc) is 2.59. The molecule has 0 aliphatic heterocycles. The van der Waals surface area contributed by atoms with Crippen molar-refractivity contribution in [1.82, 2.24) is 0 Å². The van der Waals surface area contributed by atoms with Crippen LogP contribution < -0.4 is 4.72 Å². The lowest BCUT2D eigenvalue weighted by molar-refractivity contribution is -0.527. The van der Waals surface area contributed by atoms with Gasteiger partial charge in [0, 0.05) is 24.9 Å². The van der Waals surface area contributed by atoms with Crippen LogP contribution in [0, 0.1) is 0 Å². The number of benzene rings is 1. The van der Waals surface area contributed by atoms with E-state index in [0.29, 0.717) is 12.1 Å². The summed E-state index contributed by atoms with van der Waals surface area (Å²) in [6.07, 6.45) is 10.6. The smallest absolute Gasteiger partial charge is 0.229 e. The van der Waals surface area contributed by atoms with Crippen LogP contribution >= 0.6 is 0 Å². The highest BCUT2D eigenvalue weighted by atomic mass is 32.2. The van der Waals surface area contributed by atoms with E-state index in [4.69, 9.17) is 0 Å². The van der Waals surface area contributed by atoms with Crippen molar-refractivity contribution in [1.29, 1.82) is 0 Å². The Morgan fingerprint density at radius 3 is 2.31 bits per heavy atom. The molecule has 1 rings (SSSR count). The molecule has 1 unspecified atom stereocenters. The van der Waals surface area contributed by atoms with Gasteiger partial charge in [0.05, 0.1) is 12.4 Å². The third kappa shape index (κ3) is 9.92. The number of nitrogens with one attached hydrogen (secondary N) is 1. The summed E-state index contributed by atoms with van der Waals surface area (Å²) in [5.74, 6) is 0. The molecule has 0 aromatic heterocycles. The minimum atomic E-state index is -3.28. The number of sulfonamides is 1. The van der Waals surface area contributed by atoms with E-state index in [1.165, 1.54) is 19.3 Å². The summed E-state index contributed by atoms with van der Waals surface area (Å²) < 4.78 is 27.2. The lowest BCUT2D eigenvalue weighted by atomic mass is 10.1. The molecule has 1 atom stereocenters. The zero-order valence-corrected chi connectivity index (χ0v) is 17.3. The van der Waals surface area contributed by atoms with Crippen LogP contribution in [0.4, 0.5) is 5.69 Å². The molecule has 6 heteroatoms. The minimum Gasteiger partial charge on any atom is -0.388 e. The monoisotopic (exact) mass is 383 g/mol. The van der Waals surface area contributed by atoms with E-state index in [-0.39, 0.29) is 0 Å². The third-order valence-electron chi connectivity index (χ3n) is 4.28. The first-order chi connectivity index (χ1) is 12.4. The van der Waals surface area contributed by atoms with E-state index in [0.717, 1.165) is 44.2 Å². The molecule has 5 nitrogen and oxygen atoms in total. The van der Waals surface area contributed by atoms with Crippen molar-refractivity contribution in [2.45, 2.75) is 64.9 Å². The first-order valence-electron chi connectivity index (χ1n) is 9.69. The largest absolute Gasteiger partial charge is 0.388 e. The molecule has 0 heterocycles. The molecule has 0 aliphatic rings. The molecule has 0 fully saturated rings. The maximum Gasteiger partial charge on any atom is 0.229 e. The van der Waals surface area contributed by atoms with Gasteiger partial charge < -0.3 is 5.11 Å². The van der Waals surface area contributed by atoms with Crippen LogP contribution in [-0.4, -0.2) is 43.7 Å². The predicted octanol–water partition coefficient (Wildman–Crippen LogP) is 3.95. The first-order valence-corrected chi connectivity index (χ1v) is 11.6. The van der Waals surface area contributed by atoms with Crippen molar-refractivity contribution in [2.24, 2.45) is 0 Å². The van der Waals surface area contributed by atoms with E-state index in [1.54, 1.807) is 24.3 Å². The number of aliphatic hydroxyl groups is 1. The van der Waals surface area contributed by atoms with Crippen molar-refractivity contribution >= 4 is 21.9 Å². The van der Waals surface area contributed by atoms with Crippen LogP contribution in [0.5, 0.6) is 0 Å². The van der Waals surface area contributed by atoms with E-state index < -0.39 is 16.1 Å². The minimum absolute atomic E-state index is 0.511. The zero-order chi connectivity index (χ0) is 19.4. The van der Waals surface area contributed by atoms with Gasteiger partial charge in [-0.05, 0) is 24.1 Å². The third-order valence-corrected chi connectivity index (χ3v) is 4.89. The average molecular weight is 384 g/mol. The number of hydrogen-bond donors (Lipinski definition) is 2. The fraction of sp³-hybridized carbons (Fsp3) is 0.650. The van der Waals surface area contributed by atoms with Gasteiger partial charge in [-0.1, -0.05) is 45.2 Å². The van der Waals surface area contributed by atoms with E-state index in [1.807, 2.05) is 0 Å². The molecule has 0 aliphatic carbocycles. The molecule has 0 bridgehead atoms. The lowest BCUT2D eigenvalue weighted by Crippen LogP contribution is -2.18. The molecule has 0 radical (unpaired) electrons. The van der Waals surface area contributed by atoms with Gasteiger partial charge in [0.1, 0.15) is 19.3 Å². The Morgan fingerprint density at radius 2 is 1.73 bits per heavy atom. The molecular formula is C20H35N2O3S+. The van der Waals surface area contributed by atoms with E-state index >= 15 is 0 Å². The van der Waals surface area contributed by atoms with Gasteiger partial charge in [0.25, 0.3) is 0 Å². The fourth-order valence-corrected chi connectivity index (χ4v) is 3.33. The molecular weight excluding hydrogens is 348 g/mol. The van der Waals surface area contributed by atoms with Crippen LogP contribution in [-0.2, 0) is 10.0 Å². The number of anilines is 1. The first kappa shape index (κ1) is 22.6. The fourth-order valence-electron chi connectivity index (χ4n) is 2.77. The molecule has 0 spiro atoms. The Balaban J connectivity index is 2.58. The number of aliphatic hydroxyl groups excluding tert-OH is 1. The van der Waals surface area contributed by atoms with Crippen LogP contribution in [0.15, 0.2) is 24.3 Å². The van der Waals surface area contributed by atoms with Gasteiger partial charge in [-0.25, -0.2) is 13.0 Å². The van der Waals surface area contributed by atoms with Gasteiger partial charge in [-0.15, -0.1) is 0 Å². The second kappa shape index (κ2) is 12.1. The summed E-state index contributed by atoms with van der Waals surface area (Å²) in [4.78, 5) is 0. The molecule has 1 aromatic rings. The lowest BCUT2D eigenvalue weighted by Gasteiger charge is -2.12. The van der Waals surface area contributed by atoms with Crippen LogP contribution in [0.25, 0.3) is 0 Å². The Bertz CT molecular complexity index is 640.